The van der Waals surface area contributed by atoms with Gasteiger partial charge in [-0.2, -0.15) is 0 Å². The lowest BCUT2D eigenvalue weighted by atomic mass is 9.90. The zero-order valence-corrected chi connectivity index (χ0v) is 20.3. The van der Waals surface area contributed by atoms with Gasteiger partial charge in [-0.15, -0.1) is 0 Å². The van der Waals surface area contributed by atoms with Crippen molar-refractivity contribution in [3.8, 4) is 0 Å². The van der Waals surface area contributed by atoms with Gasteiger partial charge in [0.25, 0.3) is 11.8 Å². The van der Waals surface area contributed by atoms with Gasteiger partial charge < -0.3 is 30.9 Å². The molecule has 0 saturated heterocycles. The fourth-order valence-electron chi connectivity index (χ4n) is 3.69. The first-order chi connectivity index (χ1) is 16.9. The van der Waals surface area contributed by atoms with Crippen molar-refractivity contribution in [2.75, 3.05) is 24.3 Å². The molecule has 8 nitrogen and oxygen atoms in total. The largest absolute Gasteiger partial charge is 0.459 e. The molecule has 1 aliphatic heterocycles. The van der Waals surface area contributed by atoms with Crippen molar-refractivity contribution < 1.29 is 24.2 Å². The fraction of sp³-hybridized carbons (Fsp3) is 0.407. The van der Waals surface area contributed by atoms with Gasteiger partial charge in [-0.05, 0) is 60.6 Å². The number of nitrogen functional groups attached to an aromatic ring is 1. The van der Waals surface area contributed by atoms with E-state index in [2.05, 4.69) is 24.5 Å². The molecule has 0 spiro atoms. The number of nitrogens with two attached hydrogens (primary N) is 1. The smallest absolute Gasteiger partial charge is 0.286 e. The van der Waals surface area contributed by atoms with Gasteiger partial charge in [0, 0.05) is 25.1 Å². The van der Waals surface area contributed by atoms with E-state index in [4.69, 9.17) is 20.3 Å². The van der Waals surface area contributed by atoms with Crippen LogP contribution in [0.25, 0.3) is 0 Å². The van der Waals surface area contributed by atoms with Crippen LogP contribution >= 0.6 is 0 Å². The summed E-state index contributed by atoms with van der Waals surface area (Å²) in [4.78, 5) is 25.3. The SMILES string of the molecule is CC(C)[C@@H]1C=C(C(=O)NCc2ccc(C(=O)Nc3ccccc3N)cc2)O[C@H](OCCCCO)C1. The third kappa shape index (κ3) is 7.83. The van der Waals surface area contributed by atoms with Gasteiger partial charge >= 0.3 is 0 Å². The number of anilines is 2. The van der Waals surface area contributed by atoms with Crippen molar-refractivity contribution in [1.82, 2.24) is 5.32 Å². The summed E-state index contributed by atoms with van der Waals surface area (Å²) < 4.78 is 11.6. The van der Waals surface area contributed by atoms with E-state index >= 15 is 0 Å². The van der Waals surface area contributed by atoms with Crippen LogP contribution in [-0.4, -0.2) is 36.4 Å². The second-order valence-corrected chi connectivity index (χ2v) is 8.94. The summed E-state index contributed by atoms with van der Waals surface area (Å²) in [5, 5.41) is 14.6. The molecule has 1 aliphatic rings. The fourth-order valence-corrected chi connectivity index (χ4v) is 3.69. The van der Waals surface area contributed by atoms with Gasteiger partial charge in [-0.25, -0.2) is 0 Å². The molecule has 0 saturated carbocycles. The van der Waals surface area contributed by atoms with E-state index < -0.39 is 6.29 Å². The second-order valence-electron chi connectivity index (χ2n) is 8.94. The van der Waals surface area contributed by atoms with E-state index in [-0.39, 0.29) is 30.1 Å². The number of aliphatic hydroxyl groups excluding tert-OH is 1. The van der Waals surface area contributed by atoms with Crippen LogP contribution in [0.5, 0.6) is 0 Å². The number of nitrogens with one attached hydrogen (secondary N) is 2. The molecule has 1 heterocycles. The Bertz CT molecular complexity index is 1020. The number of allylic oxidation sites excluding steroid dienone is 1. The van der Waals surface area contributed by atoms with Gasteiger partial charge in [0.15, 0.2) is 5.76 Å². The summed E-state index contributed by atoms with van der Waals surface area (Å²) in [6.45, 7) is 5.11. The Kier molecular flexibility index (Phi) is 9.69. The van der Waals surface area contributed by atoms with Crippen molar-refractivity contribution in [1.29, 1.82) is 0 Å². The quantitative estimate of drug-likeness (QED) is 0.286. The highest BCUT2D eigenvalue weighted by molar-refractivity contribution is 6.05. The normalized spacial score (nSPS) is 17.4. The van der Waals surface area contributed by atoms with E-state index in [1.807, 2.05) is 6.08 Å². The number of benzene rings is 2. The molecular weight excluding hydrogens is 446 g/mol. The summed E-state index contributed by atoms with van der Waals surface area (Å²) in [6, 6.07) is 14.1. The van der Waals surface area contributed by atoms with E-state index in [1.165, 1.54) is 0 Å². The highest BCUT2D eigenvalue weighted by atomic mass is 16.7. The molecule has 2 aromatic rings. The number of unbranched alkanes of at least 4 members (excludes halogenated alkanes) is 1. The van der Waals surface area contributed by atoms with Crippen LogP contribution in [-0.2, 0) is 20.8 Å². The van der Waals surface area contributed by atoms with Gasteiger partial charge in [0.2, 0.25) is 6.29 Å². The molecule has 0 radical (unpaired) electrons. The van der Waals surface area contributed by atoms with E-state index in [0.29, 0.717) is 48.8 Å². The molecule has 0 aromatic heterocycles. The maximum Gasteiger partial charge on any atom is 0.286 e. The Morgan fingerprint density at radius 1 is 1.11 bits per heavy atom. The molecule has 2 amide bonds. The topological polar surface area (TPSA) is 123 Å². The number of carbonyl (C=O) groups is 2. The number of aliphatic hydroxyl groups is 1. The molecule has 2 atom stereocenters. The zero-order valence-electron chi connectivity index (χ0n) is 20.3. The molecular formula is C27H35N3O5. The standard InChI is InChI=1S/C27H35N3O5/c1-18(2)21-15-24(35-25(16-21)34-14-6-5-13-31)27(33)29-17-19-9-11-20(12-10-19)26(32)30-23-8-4-3-7-22(23)28/h3-4,7-12,15,18,21,25,31H,5-6,13-14,16-17,28H2,1-2H3,(H,29,33)(H,30,32)/t21-,25+/m1/s1. The van der Waals surface area contributed by atoms with E-state index in [0.717, 1.165) is 12.0 Å². The second kappa shape index (κ2) is 12.9. The number of hydrogen-bond acceptors (Lipinski definition) is 6. The summed E-state index contributed by atoms with van der Waals surface area (Å²) in [7, 11) is 0. The lowest BCUT2D eigenvalue weighted by Crippen LogP contribution is -2.34. The van der Waals surface area contributed by atoms with Crippen LogP contribution in [0.15, 0.2) is 60.4 Å². The first-order valence-corrected chi connectivity index (χ1v) is 12.0. The molecule has 0 aliphatic carbocycles. The van der Waals surface area contributed by atoms with Crippen LogP contribution in [0.4, 0.5) is 11.4 Å². The third-order valence-electron chi connectivity index (χ3n) is 5.90. The maximum atomic E-state index is 12.8. The Morgan fingerprint density at radius 3 is 2.54 bits per heavy atom. The predicted molar refractivity (Wildman–Crippen MR) is 135 cm³/mol. The molecule has 5 N–H and O–H groups in total. The first-order valence-electron chi connectivity index (χ1n) is 12.0. The van der Waals surface area contributed by atoms with Crippen molar-refractivity contribution in [3.63, 3.8) is 0 Å². The molecule has 3 rings (SSSR count). The molecule has 8 heteroatoms. The minimum absolute atomic E-state index is 0.129. The third-order valence-corrected chi connectivity index (χ3v) is 5.90. The lowest BCUT2D eigenvalue weighted by Gasteiger charge is -2.30. The lowest BCUT2D eigenvalue weighted by molar-refractivity contribution is -0.150. The maximum absolute atomic E-state index is 12.8. The zero-order chi connectivity index (χ0) is 25.2. The molecule has 188 valence electrons. The minimum Gasteiger partial charge on any atom is -0.459 e. The Morgan fingerprint density at radius 2 is 1.86 bits per heavy atom. The highest BCUT2D eigenvalue weighted by Gasteiger charge is 2.29. The van der Waals surface area contributed by atoms with Crippen molar-refractivity contribution >= 4 is 23.2 Å². The van der Waals surface area contributed by atoms with Gasteiger partial charge in [-0.3, -0.25) is 9.59 Å². The van der Waals surface area contributed by atoms with Gasteiger partial charge in [0.1, 0.15) is 0 Å². The van der Waals surface area contributed by atoms with Crippen LogP contribution in [0.1, 0.15) is 49.0 Å². The van der Waals surface area contributed by atoms with Crippen molar-refractivity contribution in [2.45, 2.75) is 45.9 Å². The summed E-state index contributed by atoms with van der Waals surface area (Å²) in [5.74, 6) is 0.210. The number of para-hydroxylation sites is 2. The molecule has 0 fully saturated rings. The van der Waals surface area contributed by atoms with E-state index in [1.54, 1.807) is 48.5 Å². The van der Waals surface area contributed by atoms with Crippen molar-refractivity contribution in [2.24, 2.45) is 11.8 Å². The van der Waals surface area contributed by atoms with Gasteiger partial charge in [-0.1, -0.05) is 38.1 Å². The predicted octanol–water partition coefficient (Wildman–Crippen LogP) is 3.83. The molecule has 0 bridgehead atoms. The van der Waals surface area contributed by atoms with Crippen LogP contribution in [0.3, 0.4) is 0 Å². The summed E-state index contributed by atoms with van der Waals surface area (Å²) in [5.41, 5.74) is 8.28. The molecule has 35 heavy (non-hydrogen) atoms. The van der Waals surface area contributed by atoms with E-state index in [9.17, 15) is 9.59 Å². The van der Waals surface area contributed by atoms with Crippen LogP contribution in [0.2, 0.25) is 0 Å². The Hall–Kier alpha value is -3.36. The minimum atomic E-state index is -0.483. The van der Waals surface area contributed by atoms with Crippen molar-refractivity contribution in [3.05, 3.63) is 71.5 Å². The Labute approximate surface area is 206 Å². The van der Waals surface area contributed by atoms with Crippen LogP contribution < -0.4 is 16.4 Å². The van der Waals surface area contributed by atoms with Gasteiger partial charge in [0.05, 0.1) is 18.0 Å². The number of amides is 2. The van der Waals surface area contributed by atoms with Crippen LogP contribution in [0, 0.1) is 11.8 Å². The number of hydrogen-bond donors (Lipinski definition) is 4. The monoisotopic (exact) mass is 481 g/mol. The average Bonchev–Trinajstić information content (AvgIpc) is 2.86. The number of carbonyl (C=O) groups excluding carboxylic acids is 2. The number of ether oxygens (including phenoxy) is 2. The molecule has 2 aromatic carbocycles. The molecule has 0 unspecified atom stereocenters. The first kappa shape index (κ1) is 26.2. The highest BCUT2D eigenvalue weighted by Crippen LogP contribution is 2.29. The number of rotatable bonds is 11. The average molecular weight is 482 g/mol. The summed E-state index contributed by atoms with van der Waals surface area (Å²) in [6.07, 6.45) is 3.48. The summed E-state index contributed by atoms with van der Waals surface area (Å²) >= 11 is 0. The Balaban J connectivity index is 1.54.